The van der Waals surface area contributed by atoms with Gasteiger partial charge in [-0.3, -0.25) is 0 Å². The van der Waals surface area contributed by atoms with Crippen LogP contribution in [0.2, 0.25) is 0 Å². The molecule has 0 spiro atoms. The van der Waals surface area contributed by atoms with Crippen LogP contribution in [0.4, 0.5) is 4.39 Å². The highest BCUT2D eigenvalue weighted by Crippen LogP contribution is 2.30. The molecule has 0 bridgehead atoms. The van der Waals surface area contributed by atoms with Gasteiger partial charge in [0, 0.05) is 13.6 Å². The Labute approximate surface area is 95.4 Å². The summed E-state index contributed by atoms with van der Waals surface area (Å²) in [5.74, 6) is -0.997. The lowest BCUT2D eigenvalue weighted by molar-refractivity contribution is -0.112. The second-order valence-corrected chi connectivity index (χ2v) is 4.11. The molecule has 0 aromatic rings. The Balaban J connectivity index is 3.02. The van der Waals surface area contributed by atoms with E-state index >= 15 is 0 Å². The molecule has 2 atom stereocenters. The van der Waals surface area contributed by atoms with Gasteiger partial charge in [-0.2, -0.15) is 9.65 Å². The summed E-state index contributed by atoms with van der Waals surface area (Å²) in [6, 6.07) is 2.11. The van der Waals surface area contributed by atoms with E-state index in [0.29, 0.717) is 19.4 Å². The molecule has 0 saturated heterocycles. The molecule has 0 amide bonds. The van der Waals surface area contributed by atoms with Crippen LogP contribution < -0.4 is 5.32 Å². The molecule has 0 aliphatic carbocycles. The highest BCUT2D eigenvalue weighted by molar-refractivity contribution is 5.04. The van der Waals surface area contributed by atoms with Crippen LogP contribution in [0.3, 0.4) is 0 Å². The maximum absolute atomic E-state index is 13.2. The highest BCUT2D eigenvalue weighted by atomic mass is 19.1. The zero-order valence-corrected chi connectivity index (χ0v) is 9.70. The molecule has 90 valence electrons. The van der Waals surface area contributed by atoms with Crippen molar-refractivity contribution >= 4 is 0 Å². The summed E-state index contributed by atoms with van der Waals surface area (Å²) < 4.78 is 13.2. The van der Waals surface area contributed by atoms with E-state index in [1.54, 1.807) is 7.05 Å². The van der Waals surface area contributed by atoms with E-state index in [1.807, 2.05) is 6.92 Å². The Morgan fingerprint density at radius 3 is 3.06 bits per heavy atom. The predicted molar refractivity (Wildman–Crippen MR) is 58.5 cm³/mol. The van der Waals surface area contributed by atoms with Crippen molar-refractivity contribution in [3.05, 3.63) is 12.2 Å². The van der Waals surface area contributed by atoms with E-state index in [4.69, 9.17) is 5.26 Å². The molecule has 0 aromatic carbocycles. The Hall–Kier alpha value is -1.28. The van der Waals surface area contributed by atoms with Crippen LogP contribution in [0.5, 0.6) is 0 Å². The third-order valence-corrected chi connectivity index (χ3v) is 2.98. The second kappa shape index (κ2) is 5.17. The average molecular weight is 227 g/mol. The Kier molecular flexibility index (Phi) is 4.13. The monoisotopic (exact) mass is 227 g/mol. The quantitative estimate of drug-likeness (QED) is 0.698. The largest absolute Gasteiger partial charge is 0.369 e. The van der Waals surface area contributed by atoms with Crippen molar-refractivity contribution in [2.75, 3.05) is 13.6 Å². The average Bonchev–Trinajstić information content (AvgIpc) is 2.23. The molecule has 1 aliphatic heterocycles. The summed E-state index contributed by atoms with van der Waals surface area (Å²) in [5.41, 5.74) is -1.27. The third-order valence-electron chi connectivity index (χ3n) is 2.98. The van der Waals surface area contributed by atoms with Gasteiger partial charge in [0.2, 0.25) is 5.95 Å². The maximum Gasteiger partial charge on any atom is 0.203 e. The molecular formula is C11H18FN3O. The molecule has 0 saturated carbocycles. The standard InChI is InChI=1S/C11H18FN3O/c1-3-5-11(16)9(7-13)4-6-14-10(12)8-15(11)2/h8-9,14,16H,3-6H2,1-2H3. The predicted octanol–water partition coefficient (Wildman–Crippen LogP) is 1.31. The van der Waals surface area contributed by atoms with Gasteiger partial charge in [-0.25, -0.2) is 0 Å². The summed E-state index contributed by atoms with van der Waals surface area (Å²) in [6.45, 7) is 2.29. The lowest BCUT2D eigenvalue weighted by Crippen LogP contribution is -2.51. The number of nitrogens with zero attached hydrogens (tertiary/aromatic N) is 2. The molecule has 0 fully saturated rings. The van der Waals surface area contributed by atoms with Gasteiger partial charge >= 0.3 is 0 Å². The summed E-state index contributed by atoms with van der Waals surface area (Å²) >= 11 is 0. The first-order chi connectivity index (χ1) is 7.54. The molecule has 16 heavy (non-hydrogen) atoms. The van der Waals surface area contributed by atoms with E-state index < -0.39 is 17.6 Å². The van der Waals surface area contributed by atoms with E-state index in [0.717, 1.165) is 6.42 Å². The summed E-state index contributed by atoms with van der Waals surface area (Å²) in [4.78, 5) is 1.39. The fourth-order valence-electron chi connectivity index (χ4n) is 2.03. The van der Waals surface area contributed by atoms with E-state index in [1.165, 1.54) is 11.1 Å². The number of halogens is 1. The molecule has 1 heterocycles. The molecule has 1 aliphatic rings. The molecule has 1 rings (SSSR count). The number of hydrogen-bond donors (Lipinski definition) is 2. The van der Waals surface area contributed by atoms with Crippen molar-refractivity contribution in [2.24, 2.45) is 5.92 Å². The molecule has 0 aromatic heterocycles. The number of nitriles is 1. The van der Waals surface area contributed by atoms with Crippen LogP contribution in [-0.4, -0.2) is 29.3 Å². The zero-order chi connectivity index (χ0) is 12.2. The van der Waals surface area contributed by atoms with Gasteiger partial charge in [0.25, 0.3) is 0 Å². The minimum absolute atomic E-state index is 0.362. The Bertz CT molecular complexity index is 313. The zero-order valence-electron chi connectivity index (χ0n) is 9.70. The smallest absolute Gasteiger partial charge is 0.203 e. The topological polar surface area (TPSA) is 59.3 Å². The molecule has 2 N–H and O–H groups in total. The molecule has 0 radical (unpaired) electrons. The fourth-order valence-corrected chi connectivity index (χ4v) is 2.03. The van der Waals surface area contributed by atoms with Gasteiger partial charge < -0.3 is 15.3 Å². The van der Waals surface area contributed by atoms with Gasteiger partial charge in [-0.05, 0) is 12.8 Å². The number of nitrogens with one attached hydrogen (secondary N) is 1. The van der Waals surface area contributed by atoms with Crippen LogP contribution in [0.15, 0.2) is 12.2 Å². The van der Waals surface area contributed by atoms with Gasteiger partial charge in [0.05, 0.1) is 18.2 Å². The second-order valence-electron chi connectivity index (χ2n) is 4.11. The first-order valence-corrected chi connectivity index (χ1v) is 5.50. The summed E-state index contributed by atoms with van der Waals surface area (Å²) in [7, 11) is 1.59. The van der Waals surface area contributed by atoms with Crippen LogP contribution in [0, 0.1) is 17.2 Å². The third kappa shape index (κ3) is 2.45. The van der Waals surface area contributed by atoms with Gasteiger partial charge in [0.1, 0.15) is 0 Å². The van der Waals surface area contributed by atoms with Crippen molar-refractivity contribution in [3.8, 4) is 6.07 Å². The molecule has 4 nitrogen and oxygen atoms in total. The van der Waals surface area contributed by atoms with Crippen molar-refractivity contribution in [3.63, 3.8) is 0 Å². The Morgan fingerprint density at radius 2 is 2.50 bits per heavy atom. The normalized spacial score (nSPS) is 30.8. The minimum atomic E-state index is -1.27. The number of rotatable bonds is 2. The van der Waals surface area contributed by atoms with Crippen LogP contribution in [0.1, 0.15) is 26.2 Å². The van der Waals surface area contributed by atoms with Crippen molar-refractivity contribution < 1.29 is 9.50 Å². The SMILES string of the molecule is CCCC1(O)C(C#N)CCNC(F)=CN1C. The first kappa shape index (κ1) is 12.8. The summed E-state index contributed by atoms with van der Waals surface area (Å²) in [5, 5.41) is 22.1. The lowest BCUT2D eigenvalue weighted by atomic mass is 9.88. The van der Waals surface area contributed by atoms with E-state index in [9.17, 15) is 9.50 Å². The number of hydrogen-bond acceptors (Lipinski definition) is 4. The van der Waals surface area contributed by atoms with Gasteiger partial charge in [-0.15, -0.1) is 0 Å². The minimum Gasteiger partial charge on any atom is -0.369 e. The van der Waals surface area contributed by atoms with Crippen LogP contribution in [-0.2, 0) is 0 Å². The van der Waals surface area contributed by atoms with Crippen molar-refractivity contribution in [2.45, 2.75) is 31.9 Å². The fraction of sp³-hybridized carbons (Fsp3) is 0.727. The maximum atomic E-state index is 13.2. The lowest BCUT2D eigenvalue weighted by Gasteiger charge is -2.41. The van der Waals surface area contributed by atoms with E-state index in [-0.39, 0.29) is 0 Å². The number of aliphatic hydroxyl groups is 1. The van der Waals surface area contributed by atoms with Crippen molar-refractivity contribution in [1.82, 2.24) is 10.2 Å². The summed E-state index contributed by atoms with van der Waals surface area (Å²) in [6.07, 6.45) is 2.82. The molecule has 2 unspecified atom stereocenters. The van der Waals surface area contributed by atoms with Gasteiger partial charge in [0.15, 0.2) is 5.72 Å². The molecular weight excluding hydrogens is 209 g/mol. The van der Waals surface area contributed by atoms with Crippen LogP contribution in [0.25, 0.3) is 0 Å². The van der Waals surface area contributed by atoms with Crippen molar-refractivity contribution in [1.29, 1.82) is 5.26 Å². The molecule has 5 heteroatoms. The Morgan fingerprint density at radius 1 is 1.81 bits per heavy atom. The van der Waals surface area contributed by atoms with Gasteiger partial charge in [-0.1, -0.05) is 13.3 Å². The van der Waals surface area contributed by atoms with Crippen LogP contribution >= 0.6 is 0 Å². The first-order valence-electron chi connectivity index (χ1n) is 5.50. The van der Waals surface area contributed by atoms with E-state index in [2.05, 4.69) is 11.4 Å². The highest BCUT2D eigenvalue weighted by Gasteiger charge is 2.39.